The molecule has 0 aromatic heterocycles. The number of hydrogen-bond acceptors (Lipinski definition) is 2. The van der Waals surface area contributed by atoms with E-state index in [1.807, 2.05) is 0 Å². The Morgan fingerprint density at radius 1 is 1.23 bits per heavy atom. The van der Waals surface area contributed by atoms with Crippen molar-refractivity contribution in [3.63, 3.8) is 0 Å². The highest BCUT2D eigenvalue weighted by atomic mass is 19.4. The fourth-order valence-corrected chi connectivity index (χ4v) is 1.62. The fraction of sp³-hybridized carbons (Fsp3) is 1.00. The third-order valence-corrected chi connectivity index (χ3v) is 2.71. The fourth-order valence-electron chi connectivity index (χ4n) is 1.62. The predicted octanol–water partition coefficient (Wildman–Crippen LogP) is 1.30. The molecule has 1 rings (SSSR count). The Balaban J connectivity index is 2.67. The van der Waals surface area contributed by atoms with Crippen molar-refractivity contribution in [3.8, 4) is 0 Å². The summed E-state index contributed by atoms with van der Waals surface area (Å²) in [6, 6.07) is 0. The Morgan fingerprint density at radius 3 is 2.08 bits per heavy atom. The zero-order valence-corrected chi connectivity index (χ0v) is 7.49. The molecule has 1 heterocycles. The predicted molar refractivity (Wildman–Crippen MR) is 42.3 cm³/mol. The van der Waals surface area contributed by atoms with E-state index < -0.39 is 17.7 Å². The molecule has 1 saturated heterocycles. The largest absolute Gasteiger partial charge is 0.417 e. The molecule has 78 valence electrons. The molecule has 0 bridgehead atoms. The van der Waals surface area contributed by atoms with Gasteiger partial charge in [0.1, 0.15) is 0 Å². The number of halogens is 3. The second-order valence-electron chi connectivity index (χ2n) is 3.67. The third kappa shape index (κ3) is 2.14. The standard InChI is InChI=1S/C8H14F3NO/c1-7(13,8(9,10)11)6-2-4-12-5-3-6/h6,12-13H,2-5H2,1H3/t7-/m0/s1. The SMILES string of the molecule is C[C@](O)(C1CCNCC1)C(F)(F)F. The molecule has 0 saturated carbocycles. The summed E-state index contributed by atoms with van der Waals surface area (Å²) in [7, 11) is 0. The summed E-state index contributed by atoms with van der Waals surface area (Å²) >= 11 is 0. The number of piperidine rings is 1. The first-order valence-corrected chi connectivity index (χ1v) is 4.35. The van der Waals surface area contributed by atoms with E-state index in [1.165, 1.54) is 0 Å². The van der Waals surface area contributed by atoms with E-state index in [0.717, 1.165) is 6.92 Å². The van der Waals surface area contributed by atoms with Crippen LogP contribution in [0.15, 0.2) is 0 Å². The lowest BCUT2D eigenvalue weighted by Gasteiger charge is -2.37. The summed E-state index contributed by atoms with van der Waals surface area (Å²) in [6.07, 6.45) is -3.76. The quantitative estimate of drug-likeness (QED) is 0.664. The van der Waals surface area contributed by atoms with E-state index >= 15 is 0 Å². The summed E-state index contributed by atoms with van der Waals surface area (Å²) in [4.78, 5) is 0. The monoisotopic (exact) mass is 197 g/mol. The minimum Gasteiger partial charge on any atom is -0.380 e. The van der Waals surface area contributed by atoms with Crippen molar-refractivity contribution in [1.29, 1.82) is 0 Å². The van der Waals surface area contributed by atoms with Crippen molar-refractivity contribution in [2.45, 2.75) is 31.5 Å². The molecule has 2 N–H and O–H groups in total. The van der Waals surface area contributed by atoms with Gasteiger partial charge in [-0.3, -0.25) is 0 Å². The number of aliphatic hydroxyl groups is 1. The van der Waals surface area contributed by atoms with Gasteiger partial charge in [-0.05, 0) is 38.8 Å². The average Bonchev–Trinajstić information content (AvgIpc) is 2.04. The van der Waals surface area contributed by atoms with Crippen LogP contribution in [0.5, 0.6) is 0 Å². The zero-order valence-electron chi connectivity index (χ0n) is 7.49. The zero-order chi connectivity index (χ0) is 10.1. The molecule has 13 heavy (non-hydrogen) atoms. The van der Waals surface area contributed by atoms with Gasteiger partial charge in [-0.15, -0.1) is 0 Å². The van der Waals surface area contributed by atoms with Gasteiger partial charge in [-0.25, -0.2) is 0 Å². The van der Waals surface area contributed by atoms with Crippen LogP contribution in [-0.4, -0.2) is 30.0 Å². The van der Waals surface area contributed by atoms with Gasteiger partial charge in [0.2, 0.25) is 0 Å². The van der Waals surface area contributed by atoms with Crippen LogP contribution >= 0.6 is 0 Å². The van der Waals surface area contributed by atoms with Crippen molar-refractivity contribution in [3.05, 3.63) is 0 Å². The molecule has 0 radical (unpaired) electrons. The van der Waals surface area contributed by atoms with E-state index in [0.29, 0.717) is 25.9 Å². The van der Waals surface area contributed by atoms with Gasteiger partial charge in [-0.2, -0.15) is 13.2 Å². The van der Waals surface area contributed by atoms with Crippen molar-refractivity contribution in [1.82, 2.24) is 5.32 Å². The van der Waals surface area contributed by atoms with Gasteiger partial charge in [-0.1, -0.05) is 0 Å². The Bertz CT molecular complexity index is 173. The maximum Gasteiger partial charge on any atom is 0.417 e. The van der Waals surface area contributed by atoms with E-state index in [1.54, 1.807) is 0 Å². The van der Waals surface area contributed by atoms with Gasteiger partial charge in [0.25, 0.3) is 0 Å². The molecular weight excluding hydrogens is 183 g/mol. The van der Waals surface area contributed by atoms with Crippen molar-refractivity contribution in [2.75, 3.05) is 13.1 Å². The number of rotatable bonds is 1. The number of nitrogens with one attached hydrogen (secondary N) is 1. The smallest absolute Gasteiger partial charge is 0.380 e. The minimum absolute atomic E-state index is 0.381. The first-order valence-electron chi connectivity index (χ1n) is 4.35. The molecule has 0 aromatic rings. The van der Waals surface area contributed by atoms with Crippen LogP contribution in [0.1, 0.15) is 19.8 Å². The van der Waals surface area contributed by atoms with Crippen LogP contribution in [0.3, 0.4) is 0 Å². The highest BCUT2D eigenvalue weighted by molar-refractivity contribution is 4.91. The Labute approximate surface area is 75.1 Å². The summed E-state index contributed by atoms with van der Waals surface area (Å²) < 4.78 is 37.0. The summed E-state index contributed by atoms with van der Waals surface area (Å²) in [5, 5.41) is 12.3. The van der Waals surface area contributed by atoms with Crippen molar-refractivity contribution in [2.24, 2.45) is 5.92 Å². The Morgan fingerprint density at radius 2 is 1.69 bits per heavy atom. The van der Waals surface area contributed by atoms with Crippen LogP contribution in [-0.2, 0) is 0 Å². The van der Waals surface area contributed by atoms with Gasteiger partial charge < -0.3 is 10.4 Å². The topological polar surface area (TPSA) is 32.3 Å². The van der Waals surface area contributed by atoms with Crippen LogP contribution in [0.25, 0.3) is 0 Å². The molecule has 1 aliphatic rings. The number of hydrogen-bond donors (Lipinski definition) is 2. The molecule has 1 fully saturated rings. The highest BCUT2D eigenvalue weighted by Gasteiger charge is 2.54. The van der Waals surface area contributed by atoms with Crippen molar-refractivity contribution >= 4 is 0 Å². The average molecular weight is 197 g/mol. The first kappa shape index (κ1) is 10.8. The Hall–Kier alpha value is -0.290. The van der Waals surface area contributed by atoms with Gasteiger partial charge in [0.15, 0.2) is 5.60 Å². The summed E-state index contributed by atoms with van der Waals surface area (Å²) in [6.45, 7) is 1.97. The molecule has 2 nitrogen and oxygen atoms in total. The second-order valence-corrected chi connectivity index (χ2v) is 3.67. The van der Waals surface area contributed by atoms with Gasteiger partial charge in [0.05, 0.1) is 0 Å². The molecule has 0 aromatic carbocycles. The number of alkyl halides is 3. The second kappa shape index (κ2) is 3.46. The van der Waals surface area contributed by atoms with E-state index in [-0.39, 0.29) is 0 Å². The normalized spacial score (nSPS) is 25.6. The van der Waals surface area contributed by atoms with E-state index in [2.05, 4.69) is 5.32 Å². The van der Waals surface area contributed by atoms with Gasteiger partial charge >= 0.3 is 6.18 Å². The maximum atomic E-state index is 12.3. The highest BCUT2D eigenvalue weighted by Crippen LogP contribution is 2.39. The third-order valence-electron chi connectivity index (χ3n) is 2.71. The Kier molecular flexibility index (Phi) is 2.87. The maximum absolute atomic E-state index is 12.3. The summed E-state index contributed by atoms with van der Waals surface area (Å²) in [5.74, 6) is -0.672. The van der Waals surface area contributed by atoms with Crippen molar-refractivity contribution < 1.29 is 18.3 Å². The first-order chi connectivity index (χ1) is 5.86. The van der Waals surface area contributed by atoms with Crippen LogP contribution in [0, 0.1) is 5.92 Å². The molecule has 5 heteroatoms. The molecular formula is C8H14F3NO. The van der Waals surface area contributed by atoms with Gasteiger partial charge in [0, 0.05) is 0 Å². The summed E-state index contributed by atoms with van der Waals surface area (Å²) in [5.41, 5.74) is -2.53. The van der Waals surface area contributed by atoms with E-state index in [9.17, 15) is 18.3 Å². The van der Waals surface area contributed by atoms with Crippen LogP contribution in [0.4, 0.5) is 13.2 Å². The molecule has 0 unspecified atom stereocenters. The lowest BCUT2D eigenvalue weighted by Crippen LogP contribution is -2.51. The molecule has 0 spiro atoms. The lowest BCUT2D eigenvalue weighted by atomic mass is 9.82. The minimum atomic E-state index is -4.52. The molecule has 1 aliphatic heterocycles. The molecule has 1 atom stereocenters. The lowest BCUT2D eigenvalue weighted by molar-refractivity contribution is -0.274. The van der Waals surface area contributed by atoms with E-state index in [4.69, 9.17) is 0 Å². The van der Waals surface area contributed by atoms with Crippen LogP contribution < -0.4 is 5.32 Å². The molecule has 0 amide bonds. The van der Waals surface area contributed by atoms with Crippen LogP contribution in [0.2, 0.25) is 0 Å². The molecule has 0 aliphatic carbocycles.